The molecular formula is C15H13F5N4O2. The molecule has 11 heteroatoms. The average Bonchev–Trinajstić information content (AvgIpc) is 2.97. The molecule has 0 saturated heterocycles. The van der Waals surface area contributed by atoms with E-state index >= 15 is 0 Å². The largest absolute Gasteiger partial charge is 0.423 e. The number of imidazole rings is 1. The summed E-state index contributed by atoms with van der Waals surface area (Å²) in [5.41, 5.74) is 0.131. The van der Waals surface area contributed by atoms with Crippen LogP contribution >= 0.6 is 0 Å². The predicted molar refractivity (Wildman–Crippen MR) is 77.6 cm³/mol. The molecule has 3 rings (SSSR count). The normalized spacial score (nSPS) is 18.6. The first-order chi connectivity index (χ1) is 12.1. The molecule has 6 nitrogen and oxygen atoms in total. The van der Waals surface area contributed by atoms with Gasteiger partial charge in [-0.15, -0.1) is 0 Å². The van der Waals surface area contributed by atoms with Crippen molar-refractivity contribution in [3.05, 3.63) is 35.8 Å². The first kappa shape index (κ1) is 18.2. The minimum Gasteiger partial charge on any atom is -0.376 e. The van der Waals surface area contributed by atoms with E-state index in [0.717, 1.165) is 11.1 Å². The summed E-state index contributed by atoms with van der Waals surface area (Å²) in [7, 11) is 0. The van der Waals surface area contributed by atoms with Gasteiger partial charge < -0.3 is 14.6 Å². The summed E-state index contributed by atoms with van der Waals surface area (Å²) in [6.07, 6.45) is -6.08. The van der Waals surface area contributed by atoms with Crippen LogP contribution in [0.3, 0.4) is 0 Å². The summed E-state index contributed by atoms with van der Waals surface area (Å²) in [5.74, 6) is -3.18. The van der Waals surface area contributed by atoms with Crippen LogP contribution in [0, 0.1) is 11.6 Å². The Bertz CT molecular complexity index is 851. The van der Waals surface area contributed by atoms with Crippen molar-refractivity contribution in [3.8, 4) is 11.5 Å². The third-order valence-corrected chi connectivity index (χ3v) is 4.03. The number of hydrogen-bond donors (Lipinski definition) is 1. The molecule has 2 aromatic rings. The van der Waals surface area contributed by atoms with Crippen molar-refractivity contribution in [1.82, 2.24) is 19.4 Å². The maximum atomic E-state index is 14.0. The summed E-state index contributed by atoms with van der Waals surface area (Å²) in [5, 5.41) is 9.15. The third kappa shape index (κ3) is 3.14. The first-order valence-electron chi connectivity index (χ1n) is 7.50. The molecule has 0 radical (unpaired) electrons. The molecule has 0 fully saturated rings. The van der Waals surface area contributed by atoms with Crippen molar-refractivity contribution in [2.24, 2.45) is 0 Å². The Kier molecular flexibility index (Phi) is 4.42. The van der Waals surface area contributed by atoms with Crippen molar-refractivity contribution in [1.29, 1.82) is 0 Å². The number of fused-ring (bicyclic) bond motifs is 1. The van der Waals surface area contributed by atoms with Crippen LogP contribution in [0.25, 0.3) is 11.5 Å². The van der Waals surface area contributed by atoms with Gasteiger partial charge in [-0.05, 0) is 6.92 Å². The molecule has 2 atom stereocenters. The highest BCUT2D eigenvalue weighted by Gasteiger charge is 2.46. The van der Waals surface area contributed by atoms with Crippen LogP contribution in [0.2, 0.25) is 0 Å². The summed E-state index contributed by atoms with van der Waals surface area (Å²) in [4.78, 5) is 20.4. The molecule has 3 heterocycles. The second kappa shape index (κ2) is 6.31. The minimum atomic E-state index is -5.07. The molecule has 0 saturated carbocycles. The highest BCUT2D eigenvalue weighted by atomic mass is 19.4. The van der Waals surface area contributed by atoms with Crippen LogP contribution in [0.5, 0.6) is 0 Å². The molecule has 0 aromatic carbocycles. The number of amides is 1. The van der Waals surface area contributed by atoms with E-state index in [1.807, 2.05) is 0 Å². The predicted octanol–water partition coefficient (Wildman–Crippen LogP) is 2.05. The maximum Gasteiger partial charge on any atom is 0.423 e. The lowest BCUT2D eigenvalue weighted by Gasteiger charge is -2.34. The molecule has 0 bridgehead atoms. The number of carbonyl (C=O) groups excluding carboxylic acids is 1. The lowest BCUT2D eigenvalue weighted by atomic mass is 10.1. The van der Waals surface area contributed by atoms with Gasteiger partial charge in [-0.2, -0.15) is 13.2 Å². The molecule has 1 aliphatic heterocycles. The smallest absolute Gasteiger partial charge is 0.376 e. The van der Waals surface area contributed by atoms with E-state index in [-0.39, 0.29) is 24.6 Å². The first-order valence-corrected chi connectivity index (χ1v) is 7.50. The number of hydrogen-bond acceptors (Lipinski definition) is 4. The summed E-state index contributed by atoms with van der Waals surface area (Å²) >= 11 is 0. The summed E-state index contributed by atoms with van der Waals surface area (Å²) in [6, 6.07) is 0.0827. The Morgan fingerprint density at radius 1 is 1.31 bits per heavy atom. The average molecular weight is 376 g/mol. The monoisotopic (exact) mass is 376 g/mol. The quantitative estimate of drug-likeness (QED) is 0.815. The zero-order valence-electron chi connectivity index (χ0n) is 13.3. The lowest BCUT2D eigenvalue weighted by Crippen LogP contribution is -2.49. The number of rotatable bonds is 2. The van der Waals surface area contributed by atoms with Crippen LogP contribution < -0.4 is 0 Å². The number of carbonyl (C=O) groups is 1. The standard InChI is InChI=1S/C15H13F5N4O2/c1-7-5-23(14(26)12(25)15(18,19)20)6-9-4-22-13(24(7)9)11-10(17)2-8(16)3-21-11/h2-4,7,12,25H,5-6H2,1H3/t7-,12?/m1/s1. The second-order valence-corrected chi connectivity index (χ2v) is 5.94. The van der Waals surface area contributed by atoms with E-state index in [0.29, 0.717) is 11.8 Å². The Balaban J connectivity index is 1.92. The van der Waals surface area contributed by atoms with Crippen molar-refractivity contribution in [2.75, 3.05) is 6.54 Å². The SMILES string of the molecule is C[C@@H]1CN(C(=O)C(O)C(F)(F)F)Cc2cnc(-c3ncc(F)cc3F)n21. The highest BCUT2D eigenvalue weighted by molar-refractivity contribution is 5.81. The van der Waals surface area contributed by atoms with E-state index in [9.17, 15) is 26.7 Å². The molecule has 2 aromatic heterocycles. The fraction of sp³-hybridized carbons (Fsp3) is 0.400. The van der Waals surface area contributed by atoms with E-state index in [1.54, 1.807) is 6.92 Å². The van der Waals surface area contributed by atoms with Crippen LogP contribution in [0.15, 0.2) is 18.5 Å². The Labute approximate surface area is 143 Å². The topological polar surface area (TPSA) is 71.2 Å². The minimum absolute atomic E-state index is 0.0773. The number of alkyl halides is 3. The van der Waals surface area contributed by atoms with Gasteiger partial charge in [0.05, 0.1) is 30.7 Å². The van der Waals surface area contributed by atoms with Gasteiger partial charge in [-0.3, -0.25) is 4.79 Å². The van der Waals surface area contributed by atoms with E-state index < -0.39 is 35.9 Å². The van der Waals surface area contributed by atoms with Crippen molar-refractivity contribution >= 4 is 5.91 Å². The van der Waals surface area contributed by atoms with E-state index in [1.165, 1.54) is 10.8 Å². The van der Waals surface area contributed by atoms with Gasteiger partial charge in [0, 0.05) is 12.6 Å². The number of aliphatic hydroxyl groups excluding tert-OH is 1. The molecule has 1 aliphatic rings. The van der Waals surface area contributed by atoms with Crippen LogP contribution in [-0.2, 0) is 11.3 Å². The zero-order valence-corrected chi connectivity index (χ0v) is 13.3. The number of halogens is 5. The van der Waals surface area contributed by atoms with Gasteiger partial charge in [0.25, 0.3) is 5.91 Å². The molecule has 26 heavy (non-hydrogen) atoms. The second-order valence-electron chi connectivity index (χ2n) is 5.94. The van der Waals surface area contributed by atoms with Crippen molar-refractivity contribution in [2.45, 2.75) is 31.8 Å². The summed E-state index contributed by atoms with van der Waals surface area (Å²) in [6.45, 7) is 1.20. The third-order valence-electron chi connectivity index (χ3n) is 4.03. The maximum absolute atomic E-state index is 14.0. The fourth-order valence-corrected chi connectivity index (χ4v) is 2.90. The lowest BCUT2D eigenvalue weighted by molar-refractivity contribution is -0.211. The molecule has 1 N–H and O–H groups in total. The van der Waals surface area contributed by atoms with Gasteiger partial charge in [0.15, 0.2) is 11.6 Å². The fourth-order valence-electron chi connectivity index (χ4n) is 2.90. The molecule has 140 valence electrons. The summed E-state index contributed by atoms with van der Waals surface area (Å²) < 4.78 is 66.2. The van der Waals surface area contributed by atoms with Gasteiger partial charge >= 0.3 is 6.18 Å². The van der Waals surface area contributed by atoms with Crippen LogP contribution in [0.4, 0.5) is 22.0 Å². The Morgan fingerprint density at radius 2 is 2.00 bits per heavy atom. The van der Waals surface area contributed by atoms with Gasteiger partial charge in [-0.1, -0.05) is 0 Å². The van der Waals surface area contributed by atoms with Crippen LogP contribution in [0.1, 0.15) is 18.7 Å². The van der Waals surface area contributed by atoms with Gasteiger partial charge in [0.2, 0.25) is 6.10 Å². The van der Waals surface area contributed by atoms with Crippen molar-refractivity contribution in [3.63, 3.8) is 0 Å². The molecule has 0 aliphatic carbocycles. The van der Waals surface area contributed by atoms with E-state index in [2.05, 4.69) is 9.97 Å². The number of aliphatic hydroxyl groups is 1. The number of aromatic nitrogens is 3. The zero-order chi connectivity index (χ0) is 19.2. The van der Waals surface area contributed by atoms with Gasteiger partial charge in [-0.25, -0.2) is 18.7 Å². The molecule has 0 spiro atoms. The van der Waals surface area contributed by atoms with Crippen molar-refractivity contribution < 1.29 is 31.9 Å². The molecular weight excluding hydrogens is 363 g/mol. The van der Waals surface area contributed by atoms with Gasteiger partial charge in [0.1, 0.15) is 11.5 Å². The Hall–Kier alpha value is -2.56. The number of nitrogens with zero attached hydrogens (tertiary/aromatic N) is 4. The van der Waals surface area contributed by atoms with E-state index in [4.69, 9.17) is 5.11 Å². The molecule has 1 unspecified atom stereocenters. The highest BCUT2D eigenvalue weighted by Crippen LogP contribution is 2.31. The molecule has 1 amide bonds. The Morgan fingerprint density at radius 3 is 2.62 bits per heavy atom. The number of pyridine rings is 1. The van der Waals surface area contributed by atoms with Crippen LogP contribution in [-0.4, -0.2) is 49.3 Å².